The fourth-order valence-electron chi connectivity index (χ4n) is 1.87. The van der Waals surface area contributed by atoms with Crippen molar-refractivity contribution in [2.75, 3.05) is 5.73 Å². The van der Waals surface area contributed by atoms with Gasteiger partial charge in [-0.1, -0.05) is 11.3 Å². The van der Waals surface area contributed by atoms with E-state index in [-0.39, 0.29) is 4.87 Å². The first kappa shape index (κ1) is 11.7. The van der Waals surface area contributed by atoms with Crippen LogP contribution in [-0.4, -0.2) is 19.5 Å². The van der Waals surface area contributed by atoms with Crippen LogP contribution in [0.2, 0.25) is 0 Å². The Morgan fingerprint density at radius 1 is 1.47 bits per heavy atom. The zero-order valence-electron chi connectivity index (χ0n) is 9.91. The second kappa shape index (κ2) is 4.69. The number of nitrogens with zero attached hydrogens (tertiary/aromatic N) is 3. The fourth-order valence-corrected chi connectivity index (χ4v) is 2.44. The first-order valence-corrected chi connectivity index (χ1v) is 6.49. The molecule has 0 saturated heterocycles. The molecule has 0 aliphatic carbocycles. The van der Waals surface area contributed by atoms with Crippen LogP contribution in [0.4, 0.5) is 5.82 Å². The van der Waals surface area contributed by atoms with Crippen molar-refractivity contribution in [2.45, 2.75) is 6.54 Å². The first-order valence-electron chi connectivity index (χ1n) is 5.61. The van der Waals surface area contributed by atoms with Gasteiger partial charge < -0.3 is 15.3 Å². The molecule has 0 fully saturated rings. The molecule has 0 amide bonds. The Balaban J connectivity index is 1.96. The molecule has 6 nitrogen and oxygen atoms in total. The topological polar surface area (TPSA) is 89.6 Å². The third-order valence-corrected chi connectivity index (χ3v) is 3.42. The number of thiazole rings is 1. The largest absolute Gasteiger partial charge is 0.384 e. The Hall–Kier alpha value is -2.41. The highest BCUT2D eigenvalue weighted by Crippen LogP contribution is 2.20. The Bertz CT molecular complexity index is 757. The monoisotopic (exact) mass is 273 g/mol. The van der Waals surface area contributed by atoms with Gasteiger partial charge in [0, 0.05) is 22.8 Å². The maximum absolute atomic E-state index is 11.1. The van der Waals surface area contributed by atoms with Gasteiger partial charge in [0.05, 0.1) is 24.8 Å². The van der Waals surface area contributed by atoms with Crippen molar-refractivity contribution >= 4 is 17.2 Å². The lowest BCUT2D eigenvalue weighted by Crippen LogP contribution is -2.03. The molecule has 0 bridgehead atoms. The van der Waals surface area contributed by atoms with Crippen molar-refractivity contribution < 1.29 is 0 Å². The van der Waals surface area contributed by atoms with Gasteiger partial charge in [-0.15, -0.1) is 0 Å². The molecule has 7 heteroatoms. The van der Waals surface area contributed by atoms with Gasteiger partial charge in [-0.05, 0) is 12.1 Å². The molecule has 0 aliphatic heterocycles. The van der Waals surface area contributed by atoms with E-state index in [1.807, 2.05) is 16.0 Å². The molecule has 0 atom stereocenters. The number of hydrogen-bond acceptors (Lipinski definition) is 5. The molecule has 3 rings (SSSR count). The van der Waals surface area contributed by atoms with Gasteiger partial charge in [0.15, 0.2) is 0 Å². The van der Waals surface area contributed by atoms with Gasteiger partial charge in [0.1, 0.15) is 5.82 Å². The molecule has 3 heterocycles. The number of nitrogen functional groups attached to an aromatic ring is 1. The van der Waals surface area contributed by atoms with Gasteiger partial charge in [-0.3, -0.25) is 4.79 Å². The Morgan fingerprint density at radius 2 is 2.37 bits per heavy atom. The van der Waals surface area contributed by atoms with Crippen molar-refractivity contribution in [3.8, 4) is 11.3 Å². The van der Waals surface area contributed by atoms with Gasteiger partial charge in [0.25, 0.3) is 0 Å². The quantitative estimate of drug-likeness (QED) is 0.753. The summed E-state index contributed by atoms with van der Waals surface area (Å²) >= 11 is 1.16. The van der Waals surface area contributed by atoms with Crippen molar-refractivity contribution in [3.05, 3.63) is 51.6 Å². The molecule has 0 unspecified atom stereocenters. The van der Waals surface area contributed by atoms with Crippen LogP contribution in [-0.2, 0) is 6.54 Å². The second-order valence-corrected chi connectivity index (χ2v) is 4.89. The SMILES string of the molecule is Nc1cc(-c2cncn2Cc2csc(=O)[nH]2)ccn1. The molecule has 96 valence electrons. The van der Waals surface area contributed by atoms with Gasteiger partial charge in [0.2, 0.25) is 0 Å². The van der Waals surface area contributed by atoms with Crippen molar-refractivity contribution in [1.82, 2.24) is 19.5 Å². The molecular formula is C12H11N5OS. The van der Waals surface area contributed by atoms with Crippen LogP contribution in [0, 0.1) is 0 Å². The summed E-state index contributed by atoms with van der Waals surface area (Å²) in [7, 11) is 0. The van der Waals surface area contributed by atoms with Crippen LogP contribution in [0.1, 0.15) is 5.69 Å². The molecule has 0 saturated carbocycles. The smallest absolute Gasteiger partial charge is 0.304 e. The number of nitrogens with one attached hydrogen (secondary N) is 1. The van der Waals surface area contributed by atoms with Crippen LogP contribution in [0.25, 0.3) is 11.3 Å². The van der Waals surface area contributed by atoms with E-state index < -0.39 is 0 Å². The third-order valence-electron chi connectivity index (χ3n) is 2.70. The number of imidazole rings is 1. The van der Waals surface area contributed by atoms with E-state index in [9.17, 15) is 4.79 Å². The zero-order chi connectivity index (χ0) is 13.2. The molecule has 0 aliphatic rings. The van der Waals surface area contributed by atoms with Gasteiger partial charge in [-0.25, -0.2) is 9.97 Å². The summed E-state index contributed by atoms with van der Waals surface area (Å²) in [6.45, 7) is 0.566. The Kier molecular flexibility index (Phi) is 2.88. The molecule has 3 aromatic heterocycles. The summed E-state index contributed by atoms with van der Waals surface area (Å²) in [4.78, 5) is 22.0. The minimum Gasteiger partial charge on any atom is -0.384 e. The normalized spacial score (nSPS) is 10.7. The highest BCUT2D eigenvalue weighted by Gasteiger charge is 2.07. The van der Waals surface area contributed by atoms with E-state index in [1.165, 1.54) is 0 Å². The lowest BCUT2D eigenvalue weighted by atomic mass is 10.2. The lowest BCUT2D eigenvalue weighted by Gasteiger charge is -2.07. The predicted octanol–water partition coefficient (Wildman–Crippen LogP) is 1.33. The highest BCUT2D eigenvalue weighted by molar-refractivity contribution is 7.07. The van der Waals surface area contributed by atoms with E-state index >= 15 is 0 Å². The number of pyridine rings is 1. The molecule has 0 spiro atoms. The van der Waals surface area contributed by atoms with E-state index in [0.717, 1.165) is 28.3 Å². The van der Waals surface area contributed by atoms with E-state index in [1.54, 1.807) is 24.8 Å². The van der Waals surface area contributed by atoms with Crippen molar-refractivity contribution in [1.29, 1.82) is 0 Å². The summed E-state index contributed by atoms with van der Waals surface area (Å²) in [5, 5.41) is 1.81. The summed E-state index contributed by atoms with van der Waals surface area (Å²) in [6, 6.07) is 3.67. The van der Waals surface area contributed by atoms with Crippen molar-refractivity contribution in [2.24, 2.45) is 0 Å². The summed E-state index contributed by atoms with van der Waals surface area (Å²) in [5.41, 5.74) is 8.42. The van der Waals surface area contributed by atoms with E-state index in [0.29, 0.717) is 12.4 Å². The van der Waals surface area contributed by atoms with Crippen LogP contribution >= 0.6 is 11.3 Å². The number of aromatic nitrogens is 4. The lowest BCUT2D eigenvalue weighted by molar-refractivity contribution is 0.783. The van der Waals surface area contributed by atoms with E-state index in [2.05, 4.69) is 15.0 Å². The summed E-state index contributed by atoms with van der Waals surface area (Å²) in [5.74, 6) is 0.467. The molecule has 0 aromatic carbocycles. The zero-order valence-corrected chi connectivity index (χ0v) is 10.7. The number of nitrogens with two attached hydrogens (primary N) is 1. The fraction of sp³-hybridized carbons (Fsp3) is 0.0833. The highest BCUT2D eigenvalue weighted by atomic mass is 32.1. The first-order chi connectivity index (χ1) is 9.22. The summed E-state index contributed by atoms with van der Waals surface area (Å²) < 4.78 is 1.95. The van der Waals surface area contributed by atoms with Gasteiger partial charge in [-0.2, -0.15) is 0 Å². The second-order valence-electron chi connectivity index (χ2n) is 4.05. The molecule has 3 aromatic rings. The minimum absolute atomic E-state index is 0.0511. The average Bonchev–Trinajstić information content (AvgIpc) is 2.99. The summed E-state index contributed by atoms with van der Waals surface area (Å²) in [6.07, 6.45) is 5.15. The third kappa shape index (κ3) is 2.41. The Morgan fingerprint density at radius 3 is 3.11 bits per heavy atom. The minimum atomic E-state index is -0.0511. The van der Waals surface area contributed by atoms with Crippen LogP contribution in [0.5, 0.6) is 0 Å². The van der Waals surface area contributed by atoms with Crippen LogP contribution in [0.15, 0.2) is 41.0 Å². The Labute approximate surface area is 112 Å². The number of hydrogen-bond donors (Lipinski definition) is 2. The number of anilines is 1. The van der Waals surface area contributed by atoms with E-state index in [4.69, 9.17) is 5.73 Å². The molecule has 3 N–H and O–H groups in total. The van der Waals surface area contributed by atoms with Crippen LogP contribution < -0.4 is 10.6 Å². The predicted molar refractivity (Wildman–Crippen MR) is 73.9 cm³/mol. The standard InChI is InChI=1S/C12H11N5OS/c13-11-3-8(1-2-15-11)10-4-14-7-17(10)5-9-6-19-12(18)16-9/h1-4,6-7H,5H2,(H2,13,15)(H,16,18). The van der Waals surface area contributed by atoms with Crippen LogP contribution in [0.3, 0.4) is 0 Å². The number of aromatic amines is 1. The maximum atomic E-state index is 11.1. The molecule has 0 radical (unpaired) electrons. The van der Waals surface area contributed by atoms with Gasteiger partial charge >= 0.3 is 4.87 Å². The maximum Gasteiger partial charge on any atom is 0.304 e. The average molecular weight is 273 g/mol. The molecular weight excluding hydrogens is 262 g/mol. The van der Waals surface area contributed by atoms with Crippen molar-refractivity contribution in [3.63, 3.8) is 0 Å². The number of rotatable bonds is 3. The number of H-pyrrole nitrogens is 1. The molecule has 19 heavy (non-hydrogen) atoms.